The van der Waals surface area contributed by atoms with Crippen molar-refractivity contribution in [3.05, 3.63) is 64.1 Å². The van der Waals surface area contributed by atoms with E-state index in [2.05, 4.69) is 5.32 Å². The van der Waals surface area contributed by atoms with Crippen LogP contribution in [0.4, 0.5) is 8.78 Å². The van der Waals surface area contributed by atoms with Gasteiger partial charge in [0.25, 0.3) is 17.2 Å². The monoisotopic (exact) mass is 324 g/mol. The lowest BCUT2D eigenvalue weighted by Crippen LogP contribution is -2.24. The zero-order chi connectivity index (χ0) is 16.1. The zero-order valence-corrected chi connectivity index (χ0v) is 12.6. The van der Waals surface area contributed by atoms with E-state index < -0.39 is 5.76 Å². The molecule has 1 N–H and O–H groups in total. The minimum atomic E-state index is -2.46. The average molecular weight is 324 g/mol. The molecule has 0 fully saturated rings. The fourth-order valence-electron chi connectivity index (χ4n) is 1.91. The van der Waals surface area contributed by atoms with Gasteiger partial charge in [-0.1, -0.05) is 23.9 Å². The molecule has 22 heavy (non-hydrogen) atoms. The highest BCUT2D eigenvalue weighted by molar-refractivity contribution is 7.99. The number of alkyl halides is 2. The number of amides is 1. The largest absolute Gasteiger partial charge is 0.355 e. The summed E-state index contributed by atoms with van der Waals surface area (Å²) in [7, 11) is 1.51. The van der Waals surface area contributed by atoms with Crippen molar-refractivity contribution in [3.63, 3.8) is 0 Å². The summed E-state index contributed by atoms with van der Waals surface area (Å²) >= 11 is 0.471. The lowest BCUT2D eigenvalue weighted by molar-refractivity contribution is 0.0962. The van der Waals surface area contributed by atoms with Gasteiger partial charge in [-0.2, -0.15) is 8.78 Å². The third-order valence-electron chi connectivity index (χ3n) is 2.97. The summed E-state index contributed by atoms with van der Waals surface area (Å²) in [5.41, 5.74) is 0.931. The van der Waals surface area contributed by atoms with E-state index in [1.807, 2.05) is 0 Å². The van der Waals surface area contributed by atoms with Gasteiger partial charge in [-0.15, -0.1) is 0 Å². The Labute approximate surface area is 130 Å². The number of hydrogen-bond donors (Lipinski definition) is 1. The molecule has 0 aliphatic heterocycles. The fraction of sp³-hybridized carbons (Fsp3) is 0.200. The molecule has 1 amide bonds. The Morgan fingerprint density at radius 2 is 1.91 bits per heavy atom. The van der Waals surface area contributed by atoms with Crippen LogP contribution < -0.4 is 10.9 Å². The third kappa shape index (κ3) is 4.17. The first-order valence-electron chi connectivity index (χ1n) is 6.46. The summed E-state index contributed by atoms with van der Waals surface area (Å²) in [5, 5.41) is 2.49. The molecule has 0 spiro atoms. The lowest BCUT2D eigenvalue weighted by atomic mass is 10.2. The van der Waals surface area contributed by atoms with Crippen molar-refractivity contribution < 1.29 is 13.6 Å². The summed E-state index contributed by atoms with van der Waals surface area (Å²) in [5.74, 6) is -2.74. The molecule has 0 saturated heterocycles. The smallest absolute Gasteiger partial charge is 0.288 e. The van der Waals surface area contributed by atoms with Crippen LogP contribution >= 0.6 is 11.8 Å². The molecule has 2 aromatic rings. The van der Waals surface area contributed by atoms with Gasteiger partial charge in [-0.25, -0.2) is 0 Å². The standard InChI is InChI=1S/C15H14F2N2O2S/c1-18-14(21)11-4-7-13(20)19(9-11)8-10-2-5-12(6-3-10)22-15(16)17/h2-7,9,15H,8H2,1H3,(H,18,21). The molecule has 1 aromatic carbocycles. The first-order chi connectivity index (χ1) is 10.5. The number of halogens is 2. The number of nitrogens with zero attached hydrogens (tertiary/aromatic N) is 1. The third-order valence-corrected chi connectivity index (χ3v) is 3.70. The van der Waals surface area contributed by atoms with E-state index in [1.54, 1.807) is 24.3 Å². The van der Waals surface area contributed by atoms with Crippen LogP contribution in [0.3, 0.4) is 0 Å². The predicted octanol–water partition coefficient (Wildman–Crippen LogP) is 2.57. The van der Waals surface area contributed by atoms with Crippen LogP contribution in [0.5, 0.6) is 0 Å². The number of carbonyl (C=O) groups is 1. The summed E-state index contributed by atoms with van der Waals surface area (Å²) in [6, 6.07) is 9.32. The minimum absolute atomic E-state index is 0.237. The highest BCUT2D eigenvalue weighted by Gasteiger charge is 2.07. The van der Waals surface area contributed by atoms with E-state index in [1.165, 1.54) is 29.9 Å². The molecule has 7 heteroatoms. The summed E-state index contributed by atoms with van der Waals surface area (Å²) in [6.07, 6.45) is 1.48. The van der Waals surface area contributed by atoms with E-state index in [0.717, 1.165) is 5.56 Å². The van der Waals surface area contributed by atoms with Gasteiger partial charge in [0.05, 0.1) is 12.1 Å². The highest BCUT2D eigenvalue weighted by atomic mass is 32.2. The zero-order valence-electron chi connectivity index (χ0n) is 11.8. The Kier molecular flexibility index (Phi) is 5.32. The molecule has 1 aromatic heterocycles. The molecule has 0 aliphatic rings. The van der Waals surface area contributed by atoms with Gasteiger partial charge in [-0.3, -0.25) is 9.59 Å². The second kappa shape index (κ2) is 7.22. The highest BCUT2D eigenvalue weighted by Crippen LogP contribution is 2.25. The Hall–Kier alpha value is -2.15. The number of benzene rings is 1. The van der Waals surface area contributed by atoms with Crippen LogP contribution in [-0.2, 0) is 6.54 Å². The van der Waals surface area contributed by atoms with Crippen molar-refractivity contribution in [1.29, 1.82) is 0 Å². The maximum Gasteiger partial charge on any atom is 0.288 e. The van der Waals surface area contributed by atoms with Gasteiger partial charge in [0.15, 0.2) is 0 Å². The second-order valence-electron chi connectivity index (χ2n) is 4.49. The van der Waals surface area contributed by atoms with Gasteiger partial charge in [0.1, 0.15) is 0 Å². The predicted molar refractivity (Wildman–Crippen MR) is 81.5 cm³/mol. The van der Waals surface area contributed by atoms with Crippen molar-refractivity contribution >= 4 is 17.7 Å². The quantitative estimate of drug-likeness (QED) is 0.860. The number of rotatable bonds is 5. The van der Waals surface area contributed by atoms with Gasteiger partial charge in [-0.05, 0) is 23.8 Å². The first kappa shape index (κ1) is 16.2. The summed E-state index contributed by atoms with van der Waals surface area (Å²) in [4.78, 5) is 23.9. The van der Waals surface area contributed by atoms with E-state index in [4.69, 9.17) is 0 Å². The van der Waals surface area contributed by atoms with Gasteiger partial charge < -0.3 is 9.88 Å². The van der Waals surface area contributed by atoms with Crippen LogP contribution in [0.1, 0.15) is 15.9 Å². The minimum Gasteiger partial charge on any atom is -0.355 e. The lowest BCUT2D eigenvalue weighted by Gasteiger charge is -2.08. The normalized spacial score (nSPS) is 10.7. The Morgan fingerprint density at radius 1 is 1.23 bits per heavy atom. The van der Waals surface area contributed by atoms with Crippen molar-refractivity contribution in [3.8, 4) is 0 Å². The van der Waals surface area contributed by atoms with Crippen LogP contribution in [0.15, 0.2) is 52.3 Å². The SMILES string of the molecule is CNC(=O)c1ccc(=O)n(Cc2ccc(SC(F)F)cc2)c1. The molecule has 0 bridgehead atoms. The molecule has 0 unspecified atom stereocenters. The Bertz CT molecular complexity index is 714. The molecule has 0 atom stereocenters. The molecular weight excluding hydrogens is 310 g/mol. The van der Waals surface area contributed by atoms with E-state index in [0.29, 0.717) is 22.2 Å². The van der Waals surface area contributed by atoms with Crippen molar-refractivity contribution in [1.82, 2.24) is 9.88 Å². The van der Waals surface area contributed by atoms with Crippen molar-refractivity contribution in [2.75, 3.05) is 7.05 Å². The molecule has 0 saturated carbocycles. The van der Waals surface area contributed by atoms with E-state index >= 15 is 0 Å². The number of hydrogen-bond acceptors (Lipinski definition) is 3. The topological polar surface area (TPSA) is 51.1 Å². The molecule has 2 rings (SSSR count). The number of pyridine rings is 1. The molecule has 116 valence electrons. The van der Waals surface area contributed by atoms with Gasteiger partial charge in [0, 0.05) is 24.2 Å². The Morgan fingerprint density at radius 3 is 2.50 bits per heavy atom. The average Bonchev–Trinajstić information content (AvgIpc) is 2.50. The van der Waals surface area contributed by atoms with Crippen LogP contribution in [-0.4, -0.2) is 23.3 Å². The molecule has 1 heterocycles. The van der Waals surface area contributed by atoms with Crippen LogP contribution in [0.2, 0.25) is 0 Å². The molecular formula is C15H14F2N2O2S. The number of aromatic nitrogens is 1. The summed E-state index contributed by atoms with van der Waals surface area (Å²) in [6.45, 7) is 0.267. The maximum atomic E-state index is 12.3. The summed E-state index contributed by atoms with van der Waals surface area (Å²) < 4.78 is 25.9. The van der Waals surface area contributed by atoms with Gasteiger partial charge in [0.2, 0.25) is 0 Å². The van der Waals surface area contributed by atoms with Crippen molar-refractivity contribution in [2.24, 2.45) is 0 Å². The van der Waals surface area contributed by atoms with Gasteiger partial charge >= 0.3 is 0 Å². The van der Waals surface area contributed by atoms with E-state index in [9.17, 15) is 18.4 Å². The molecule has 0 aliphatic carbocycles. The van der Waals surface area contributed by atoms with Crippen LogP contribution in [0.25, 0.3) is 0 Å². The first-order valence-corrected chi connectivity index (χ1v) is 7.34. The van der Waals surface area contributed by atoms with E-state index in [-0.39, 0.29) is 18.0 Å². The Balaban J connectivity index is 2.19. The molecule has 4 nitrogen and oxygen atoms in total. The number of nitrogens with one attached hydrogen (secondary N) is 1. The molecule has 0 radical (unpaired) electrons. The fourth-order valence-corrected chi connectivity index (χ4v) is 2.41. The van der Waals surface area contributed by atoms with Crippen molar-refractivity contribution in [2.45, 2.75) is 17.2 Å². The second-order valence-corrected chi connectivity index (χ2v) is 5.55. The number of thioether (sulfide) groups is 1. The number of carbonyl (C=O) groups excluding carboxylic acids is 1. The maximum absolute atomic E-state index is 12.3. The van der Waals surface area contributed by atoms with Crippen LogP contribution in [0, 0.1) is 0 Å².